The summed E-state index contributed by atoms with van der Waals surface area (Å²) in [7, 11) is 0. The summed E-state index contributed by atoms with van der Waals surface area (Å²) in [6.45, 7) is 12.2. The van der Waals surface area contributed by atoms with Gasteiger partial charge in [0, 0.05) is 51.4 Å². The van der Waals surface area contributed by atoms with Crippen LogP contribution < -0.4 is 5.32 Å². The van der Waals surface area contributed by atoms with E-state index >= 15 is 0 Å². The largest absolute Gasteiger partial charge is 0.314 e. The van der Waals surface area contributed by atoms with Crippen LogP contribution in [0.15, 0.2) is 0 Å². The summed E-state index contributed by atoms with van der Waals surface area (Å²) in [5.41, 5.74) is 0. The number of rotatable bonds is 6. The van der Waals surface area contributed by atoms with E-state index < -0.39 is 0 Å². The molecule has 2 aliphatic heterocycles. The number of nitrogens with zero attached hydrogens (tertiary/aromatic N) is 2. The lowest BCUT2D eigenvalue weighted by molar-refractivity contribution is 0.153. The second-order valence-electron chi connectivity index (χ2n) is 5.95. The SMILES string of the molecule is CCCC(CCC)N1CCC(N2CCNCC2)C1. The summed E-state index contributed by atoms with van der Waals surface area (Å²) in [4.78, 5) is 5.49. The monoisotopic (exact) mass is 253 g/mol. The van der Waals surface area contributed by atoms with Crippen molar-refractivity contribution in [2.75, 3.05) is 39.3 Å². The Balaban J connectivity index is 1.81. The molecule has 0 radical (unpaired) electrons. The Morgan fingerprint density at radius 2 is 1.72 bits per heavy atom. The number of likely N-dealkylation sites (tertiary alicyclic amines) is 1. The molecule has 0 bridgehead atoms. The van der Waals surface area contributed by atoms with Crippen molar-refractivity contribution in [1.82, 2.24) is 15.1 Å². The maximum atomic E-state index is 3.46. The molecular weight excluding hydrogens is 222 g/mol. The van der Waals surface area contributed by atoms with Gasteiger partial charge in [0.2, 0.25) is 0 Å². The Morgan fingerprint density at radius 1 is 1.06 bits per heavy atom. The molecule has 2 aliphatic rings. The highest BCUT2D eigenvalue weighted by Crippen LogP contribution is 2.22. The first-order valence-electron chi connectivity index (χ1n) is 8.04. The molecule has 2 rings (SSSR count). The Bertz CT molecular complexity index is 220. The summed E-state index contributed by atoms with van der Waals surface area (Å²) < 4.78 is 0. The molecule has 0 spiro atoms. The molecule has 3 heteroatoms. The average Bonchev–Trinajstić information content (AvgIpc) is 2.89. The fourth-order valence-corrected chi connectivity index (χ4v) is 3.62. The summed E-state index contributed by atoms with van der Waals surface area (Å²) in [6, 6.07) is 1.69. The molecule has 18 heavy (non-hydrogen) atoms. The van der Waals surface area contributed by atoms with Crippen molar-refractivity contribution in [3.8, 4) is 0 Å². The normalized spacial score (nSPS) is 27.2. The zero-order valence-electron chi connectivity index (χ0n) is 12.3. The molecule has 1 N–H and O–H groups in total. The number of nitrogens with one attached hydrogen (secondary N) is 1. The molecule has 0 amide bonds. The minimum atomic E-state index is 0.836. The fourth-order valence-electron chi connectivity index (χ4n) is 3.62. The Kier molecular flexibility index (Phi) is 5.93. The summed E-state index contributed by atoms with van der Waals surface area (Å²) in [5.74, 6) is 0. The molecule has 1 atom stereocenters. The van der Waals surface area contributed by atoms with Gasteiger partial charge in [-0.1, -0.05) is 26.7 Å². The van der Waals surface area contributed by atoms with Crippen LogP contribution in [-0.2, 0) is 0 Å². The van der Waals surface area contributed by atoms with Crippen LogP contribution >= 0.6 is 0 Å². The Morgan fingerprint density at radius 3 is 2.33 bits per heavy atom. The molecule has 2 heterocycles. The lowest BCUT2D eigenvalue weighted by atomic mass is 10.1. The predicted octanol–water partition coefficient (Wildman–Crippen LogP) is 1.93. The van der Waals surface area contributed by atoms with Gasteiger partial charge < -0.3 is 5.32 Å². The van der Waals surface area contributed by atoms with E-state index in [0.717, 1.165) is 12.1 Å². The van der Waals surface area contributed by atoms with Crippen LogP contribution in [0.2, 0.25) is 0 Å². The van der Waals surface area contributed by atoms with Crippen LogP contribution in [0.3, 0.4) is 0 Å². The standard InChI is InChI=1S/C15H31N3/c1-3-5-14(6-4-2)18-10-7-15(13-18)17-11-8-16-9-12-17/h14-16H,3-13H2,1-2H3. The average molecular weight is 253 g/mol. The van der Waals surface area contributed by atoms with Crippen molar-refractivity contribution in [1.29, 1.82) is 0 Å². The van der Waals surface area contributed by atoms with Gasteiger partial charge in [0.05, 0.1) is 0 Å². The summed E-state index contributed by atoms with van der Waals surface area (Å²) in [6.07, 6.45) is 6.84. The van der Waals surface area contributed by atoms with E-state index in [2.05, 4.69) is 29.0 Å². The zero-order valence-corrected chi connectivity index (χ0v) is 12.3. The van der Waals surface area contributed by atoms with Gasteiger partial charge in [0.15, 0.2) is 0 Å². The van der Waals surface area contributed by atoms with Crippen molar-refractivity contribution in [2.45, 2.75) is 58.0 Å². The van der Waals surface area contributed by atoms with E-state index in [9.17, 15) is 0 Å². The van der Waals surface area contributed by atoms with E-state index in [1.165, 1.54) is 71.4 Å². The number of piperazine rings is 1. The quantitative estimate of drug-likeness (QED) is 0.780. The third-order valence-electron chi connectivity index (χ3n) is 4.62. The predicted molar refractivity (Wildman–Crippen MR) is 78.0 cm³/mol. The van der Waals surface area contributed by atoms with Gasteiger partial charge in [-0.3, -0.25) is 9.80 Å². The second kappa shape index (κ2) is 7.46. The lowest BCUT2D eigenvalue weighted by Crippen LogP contribution is -2.49. The van der Waals surface area contributed by atoms with Gasteiger partial charge in [-0.2, -0.15) is 0 Å². The number of hydrogen-bond acceptors (Lipinski definition) is 3. The van der Waals surface area contributed by atoms with Crippen molar-refractivity contribution in [3.05, 3.63) is 0 Å². The smallest absolute Gasteiger partial charge is 0.0236 e. The Labute approximate surface area is 113 Å². The summed E-state index contributed by atoms with van der Waals surface area (Å²) >= 11 is 0. The van der Waals surface area contributed by atoms with Gasteiger partial charge in [-0.15, -0.1) is 0 Å². The zero-order chi connectivity index (χ0) is 12.8. The molecule has 2 saturated heterocycles. The van der Waals surface area contributed by atoms with Crippen molar-refractivity contribution in [3.63, 3.8) is 0 Å². The highest BCUT2D eigenvalue weighted by Gasteiger charge is 2.31. The van der Waals surface area contributed by atoms with E-state index in [4.69, 9.17) is 0 Å². The molecule has 0 aromatic carbocycles. The van der Waals surface area contributed by atoms with Crippen molar-refractivity contribution < 1.29 is 0 Å². The van der Waals surface area contributed by atoms with Crippen LogP contribution in [-0.4, -0.2) is 61.2 Å². The molecule has 106 valence electrons. The maximum absolute atomic E-state index is 3.46. The van der Waals surface area contributed by atoms with Crippen LogP contribution in [0.5, 0.6) is 0 Å². The number of hydrogen-bond donors (Lipinski definition) is 1. The van der Waals surface area contributed by atoms with E-state index in [0.29, 0.717) is 0 Å². The lowest BCUT2D eigenvalue weighted by Gasteiger charge is -2.34. The second-order valence-corrected chi connectivity index (χ2v) is 5.95. The first kappa shape index (κ1) is 14.3. The fraction of sp³-hybridized carbons (Fsp3) is 1.00. The molecule has 2 fully saturated rings. The van der Waals surface area contributed by atoms with Gasteiger partial charge in [-0.05, 0) is 19.3 Å². The first-order valence-corrected chi connectivity index (χ1v) is 8.04. The molecule has 0 saturated carbocycles. The molecular formula is C15H31N3. The minimum Gasteiger partial charge on any atom is -0.314 e. The van der Waals surface area contributed by atoms with Crippen LogP contribution in [0.4, 0.5) is 0 Å². The molecule has 0 aromatic rings. The first-order chi connectivity index (χ1) is 8.85. The van der Waals surface area contributed by atoms with Crippen molar-refractivity contribution >= 4 is 0 Å². The third kappa shape index (κ3) is 3.69. The Hall–Kier alpha value is -0.120. The highest BCUT2D eigenvalue weighted by molar-refractivity contribution is 4.88. The van der Waals surface area contributed by atoms with E-state index in [1.807, 2.05) is 0 Å². The molecule has 0 aromatic heterocycles. The van der Waals surface area contributed by atoms with Crippen molar-refractivity contribution in [2.24, 2.45) is 0 Å². The van der Waals surface area contributed by atoms with Gasteiger partial charge in [-0.25, -0.2) is 0 Å². The third-order valence-corrected chi connectivity index (χ3v) is 4.62. The summed E-state index contributed by atoms with van der Waals surface area (Å²) in [5, 5.41) is 3.46. The van der Waals surface area contributed by atoms with Gasteiger partial charge in [0.1, 0.15) is 0 Å². The maximum Gasteiger partial charge on any atom is 0.0236 e. The molecule has 3 nitrogen and oxygen atoms in total. The van der Waals surface area contributed by atoms with E-state index in [-0.39, 0.29) is 0 Å². The van der Waals surface area contributed by atoms with Crippen LogP contribution in [0.1, 0.15) is 46.0 Å². The van der Waals surface area contributed by atoms with Crippen LogP contribution in [0.25, 0.3) is 0 Å². The van der Waals surface area contributed by atoms with Gasteiger partial charge in [0.25, 0.3) is 0 Å². The van der Waals surface area contributed by atoms with E-state index in [1.54, 1.807) is 0 Å². The van der Waals surface area contributed by atoms with Crippen LogP contribution in [0, 0.1) is 0 Å². The van der Waals surface area contributed by atoms with Gasteiger partial charge >= 0.3 is 0 Å². The minimum absolute atomic E-state index is 0.836. The topological polar surface area (TPSA) is 18.5 Å². The molecule has 0 aliphatic carbocycles. The highest BCUT2D eigenvalue weighted by atomic mass is 15.3. The molecule has 1 unspecified atom stereocenters.